The van der Waals surface area contributed by atoms with Crippen molar-refractivity contribution in [2.75, 3.05) is 26.1 Å². The van der Waals surface area contributed by atoms with Gasteiger partial charge in [-0.15, -0.1) is 0 Å². The van der Waals surface area contributed by atoms with E-state index in [1.165, 1.54) is 37.7 Å². The molecule has 122 valence electrons. The number of thiazole rings is 1. The number of methoxy groups -OCH3 is 2. The minimum absolute atomic E-state index is 0.228. The number of amides is 1. The van der Waals surface area contributed by atoms with Crippen molar-refractivity contribution in [1.82, 2.24) is 4.98 Å². The van der Waals surface area contributed by atoms with Gasteiger partial charge in [-0.05, 0) is 28.1 Å². The summed E-state index contributed by atoms with van der Waals surface area (Å²) in [5, 5.41) is 2.94. The van der Waals surface area contributed by atoms with Crippen molar-refractivity contribution in [2.24, 2.45) is 0 Å². The lowest BCUT2D eigenvalue weighted by Crippen LogP contribution is -2.20. The van der Waals surface area contributed by atoms with E-state index in [1.807, 2.05) is 0 Å². The fraction of sp³-hybridized carbons (Fsp3) is 0.214. The molecule has 0 atom stereocenters. The third kappa shape index (κ3) is 4.93. The number of anilines is 1. The normalized spacial score (nSPS) is 10.0. The van der Waals surface area contributed by atoms with E-state index < -0.39 is 18.5 Å². The number of aromatic nitrogens is 1. The van der Waals surface area contributed by atoms with Gasteiger partial charge >= 0.3 is 5.97 Å². The van der Waals surface area contributed by atoms with Gasteiger partial charge in [0, 0.05) is 6.07 Å². The van der Waals surface area contributed by atoms with E-state index in [-0.39, 0.29) is 5.56 Å². The van der Waals surface area contributed by atoms with Crippen LogP contribution in [0.4, 0.5) is 5.13 Å². The van der Waals surface area contributed by atoms with Crippen LogP contribution in [-0.4, -0.2) is 37.7 Å². The summed E-state index contributed by atoms with van der Waals surface area (Å²) in [5.41, 5.74) is 0.228. The average Bonchev–Trinajstić information content (AvgIpc) is 2.96. The predicted molar refractivity (Wildman–Crippen MR) is 88.3 cm³/mol. The number of nitrogens with one attached hydrogen (secondary N) is 1. The number of benzene rings is 1. The second-order valence-electron chi connectivity index (χ2n) is 4.20. The number of rotatable bonds is 6. The number of ether oxygens (including phenoxy) is 3. The van der Waals surface area contributed by atoms with E-state index in [0.717, 1.165) is 3.79 Å². The van der Waals surface area contributed by atoms with Crippen LogP contribution in [0.2, 0.25) is 0 Å². The van der Waals surface area contributed by atoms with Gasteiger partial charge in [0.1, 0.15) is 11.5 Å². The van der Waals surface area contributed by atoms with Crippen LogP contribution < -0.4 is 14.8 Å². The van der Waals surface area contributed by atoms with Crippen molar-refractivity contribution in [3.05, 3.63) is 33.7 Å². The zero-order valence-electron chi connectivity index (χ0n) is 12.3. The van der Waals surface area contributed by atoms with Gasteiger partial charge in [0.15, 0.2) is 11.7 Å². The van der Waals surface area contributed by atoms with Gasteiger partial charge in [-0.1, -0.05) is 11.3 Å². The molecule has 7 nitrogen and oxygen atoms in total. The molecule has 1 heterocycles. The van der Waals surface area contributed by atoms with Gasteiger partial charge in [0.05, 0.1) is 29.8 Å². The fourth-order valence-electron chi connectivity index (χ4n) is 1.61. The second kappa shape index (κ2) is 7.93. The molecular weight excluding hydrogens is 388 g/mol. The number of hydrogen-bond donors (Lipinski definition) is 1. The summed E-state index contributed by atoms with van der Waals surface area (Å²) >= 11 is 4.49. The van der Waals surface area contributed by atoms with Crippen LogP contribution in [0.25, 0.3) is 0 Å². The van der Waals surface area contributed by atoms with Crippen LogP contribution in [0.3, 0.4) is 0 Å². The number of hydrogen-bond acceptors (Lipinski definition) is 7. The lowest BCUT2D eigenvalue weighted by atomic mass is 10.2. The Bertz CT molecular complexity index is 697. The number of carbonyl (C=O) groups is 2. The minimum Gasteiger partial charge on any atom is -0.497 e. The first-order valence-corrected chi connectivity index (χ1v) is 7.94. The molecule has 0 aliphatic rings. The molecule has 0 saturated heterocycles. The van der Waals surface area contributed by atoms with Crippen molar-refractivity contribution in [2.45, 2.75) is 0 Å². The van der Waals surface area contributed by atoms with Crippen molar-refractivity contribution < 1.29 is 23.8 Å². The monoisotopic (exact) mass is 400 g/mol. The number of halogens is 1. The maximum Gasteiger partial charge on any atom is 0.338 e. The zero-order chi connectivity index (χ0) is 16.8. The zero-order valence-corrected chi connectivity index (χ0v) is 14.7. The highest BCUT2D eigenvalue weighted by molar-refractivity contribution is 9.11. The molecule has 0 fully saturated rings. The number of nitrogens with zero attached hydrogens (tertiary/aromatic N) is 1. The highest BCUT2D eigenvalue weighted by atomic mass is 79.9. The summed E-state index contributed by atoms with van der Waals surface area (Å²) in [4.78, 5) is 27.7. The smallest absolute Gasteiger partial charge is 0.338 e. The molecule has 0 spiro atoms. The fourth-order valence-corrected chi connectivity index (χ4v) is 2.73. The molecule has 0 aliphatic carbocycles. The summed E-state index contributed by atoms with van der Waals surface area (Å²) < 4.78 is 15.9. The minimum atomic E-state index is -0.655. The third-order valence-electron chi connectivity index (χ3n) is 2.65. The topological polar surface area (TPSA) is 86.8 Å². The Labute approximate surface area is 144 Å². The summed E-state index contributed by atoms with van der Waals surface area (Å²) in [6.07, 6.45) is 1.56. The molecule has 0 aliphatic heterocycles. The Morgan fingerprint density at radius 3 is 2.39 bits per heavy atom. The molecule has 0 saturated carbocycles. The Balaban J connectivity index is 1.95. The molecule has 1 aromatic carbocycles. The van der Waals surface area contributed by atoms with Gasteiger partial charge in [-0.3, -0.25) is 10.1 Å². The quantitative estimate of drug-likeness (QED) is 0.750. The molecule has 2 rings (SSSR count). The van der Waals surface area contributed by atoms with Gasteiger partial charge < -0.3 is 14.2 Å². The van der Waals surface area contributed by atoms with Crippen LogP contribution in [0.1, 0.15) is 10.4 Å². The highest BCUT2D eigenvalue weighted by Gasteiger charge is 2.14. The van der Waals surface area contributed by atoms with E-state index in [1.54, 1.807) is 12.3 Å². The SMILES string of the molecule is COc1cc(OC)cc(C(=O)OCC(=O)Nc2ncc(Br)s2)c1. The first-order valence-electron chi connectivity index (χ1n) is 6.33. The summed E-state index contributed by atoms with van der Waals surface area (Å²) in [7, 11) is 2.95. The van der Waals surface area contributed by atoms with Gasteiger partial charge in [-0.2, -0.15) is 0 Å². The average molecular weight is 401 g/mol. The Hall–Kier alpha value is -2.13. The highest BCUT2D eigenvalue weighted by Crippen LogP contribution is 2.24. The van der Waals surface area contributed by atoms with E-state index in [0.29, 0.717) is 16.6 Å². The Morgan fingerprint density at radius 1 is 1.22 bits per heavy atom. The number of esters is 1. The maximum atomic E-state index is 12.0. The lowest BCUT2D eigenvalue weighted by Gasteiger charge is -2.08. The van der Waals surface area contributed by atoms with E-state index in [9.17, 15) is 9.59 Å². The van der Waals surface area contributed by atoms with E-state index in [2.05, 4.69) is 26.2 Å². The van der Waals surface area contributed by atoms with Crippen molar-refractivity contribution in [1.29, 1.82) is 0 Å². The molecule has 1 N–H and O–H groups in total. The predicted octanol–water partition coefficient (Wildman–Crippen LogP) is 2.72. The summed E-state index contributed by atoms with van der Waals surface area (Å²) in [5.74, 6) is -0.227. The maximum absolute atomic E-state index is 12.0. The molecule has 1 aromatic heterocycles. The summed E-state index contributed by atoms with van der Waals surface area (Å²) in [6.45, 7) is -0.421. The lowest BCUT2D eigenvalue weighted by molar-refractivity contribution is -0.119. The summed E-state index contributed by atoms with van der Waals surface area (Å²) in [6, 6.07) is 4.63. The first-order chi connectivity index (χ1) is 11.0. The van der Waals surface area contributed by atoms with Crippen LogP contribution in [-0.2, 0) is 9.53 Å². The standard InChI is InChI=1S/C14H13BrN2O5S/c1-20-9-3-8(4-10(5-9)21-2)13(19)22-7-12(18)17-14-16-6-11(15)23-14/h3-6H,7H2,1-2H3,(H,16,17,18). The third-order valence-corrected chi connectivity index (χ3v) is 4.04. The van der Waals surface area contributed by atoms with Crippen molar-refractivity contribution in [3.63, 3.8) is 0 Å². The van der Waals surface area contributed by atoms with Gasteiger partial charge in [0.2, 0.25) is 0 Å². The van der Waals surface area contributed by atoms with Crippen LogP contribution in [0.5, 0.6) is 11.5 Å². The second-order valence-corrected chi connectivity index (χ2v) is 6.61. The molecule has 2 aromatic rings. The van der Waals surface area contributed by atoms with Crippen LogP contribution in [0, 0.1) is 0 Å². The molecule has 0 bridgehead atoms. The van der Waals surface area contributed by atoms with Gasteiger partial charge in [0.25, 0.3) is 5.91 Å². The molecule has 9 heteroatoms. The molecule has 1 amide bonds. The molecule has 0 unspecified atom stereocenters. The van der Waals surface area contributed by atoms with E-state index >= 15 is 0 Å². The van der Waals surface area contributed by atoms with Crippen LogP contribution >= 0.6 is 27.3 Å². The van der Waals surface area contributed by atoms with Crippen LogP contribution in [0.15, 0.2) is 28.2 Å². The van der Waals surface area contributed by atoms with Crippen molar-refractivity contribution >= 4 is 44.3 Å². The van der Waals surface area contributed by atoms with Crippen molar-refractivity contribution in [3.8, 4) is 11.5 Å². The Kier molecular flexibility index (Phi) is 5.94. The number of carbonyl (C=O) groups excluding carboxylic acids is 2. The van der Waals surface area contributed by atoms with Gasteiger partial charge in [-0.25, -0.2) is 9.78 Å². The largest absolute Gasteiger partial charge is 0.497 e. The molecule has 23 heavy (non-hydrogen) atoms. The molecular formula is C14H13BrN2O5S. The van der Waals surface area contributed by atoms with E-state index in [4.69, 9.17) is 14.2 Å². The molecule has 0 radical (unpaired) electrons. The first kappa shape index (κ1) is 17.2. The Morgan fingerprint density at radius 2 is 1.87 bits per heavy atom.